The van der Waals surface area contributed by atoms with E-state index in [9.17, 15) is 0 Å². The van der Waals surface area contributed by atoms with E-state index in [1.165, 1.54) is 76.6 Å². The van der Waals surface area contributed by atoms with Crippen molar-refractivity contribution in [2.45, 2.75) is 27.7 Å². The van der Waals surface area contributed by atoms with Crippen molar-refractivity contribution < 1.29 is 0 Å². The average Bonchev–Trinajstić information content (AvgIpc) is 3.80. The van der Waals surface area contributed by atoms with Gasteiger partial charge in [0.15, 0.2) is 0 Å². The second-order valence-electron chi connectivity index (χ2n) is 17.4. The Morgan fingerprint density at radius 2 is 0.515 bits per heavy atom. The molecule has 10 aromatic carbocycles. The summed E-state index contributed by atoms with van der Waals surface area (Å²) in [6.45, 7) is 9.22. The zero-order valence-electron chi connectivity index (χ0n) is 37.6. The molecule has 0 atom stereocenters. The highest BCUT2D eigenvalue weighted by atomic mass is 15.1. The van der Waals surface area contributed by atoms with Crippen molar-refractivity contribution in [1.82, 2.24) is 9.13 Å². The first-order valence-corrected chi connectivity index (χ1v) is 22.9. The molecule has 0 saturated heterocycles. The van der Waals surface area contributed by atoms with E-state index in [0.29, 0.717) is 0 Å². The fourth-order valence-electron chi connectivity index (χ4n) is 10.7. The van der Waals surface area contributed by atoms with Gasteiger partial charge in [-0.3, -0.25) is 0 Å². The number of aryl methyl sites for hydroxylation is 2. The maximum atomic E-state index is 2.50. The summed E-state index contributed by atoms with van der Waals surface area (Å²) < 4.78 is 5.01. The molecule has 0 aliphatic carbocycles. The van der Waals surface area contributed by atoms with Gasteiger partial charge in [0.2, 0.25) is 0 Å². The van der Waals surface area contributed by atoms with Crippen LogP contribution in [-0.4, -0.2) is 9.13 Å². The summed E-state index contributed by atoms with van der Waals surface area (Å²) in [6.07, 6.45) is 0. The minimum atomic E-state index is 1.11. The standard InChI is InChI=1S/C62H48N4/c1-41-43(3)63(49-33-37-51(38-34-49)65(45-21-9-5-10-22-45)46-23-11-6-12-24-46)61-55-31-19-18-30-54(55)60-58-42(2)44(4)64(62(58)56-32-20-17-29-53(56)59(60)57(41)61)50-35-39-52(40-36-50)66(47-25-13-7-14-26-47)48-27-15-8-16-28-48/h5-40H,1-4H3. The summed E-state index contributed by atoms with van der Waals surface area (Å²) in [5, 5.41) is 10.3. The number of para-hydroxylation sites is 4. The third-order valence-corrected chi connectivity index (χ3v) is 13.9. The topological polar surface area (TPSA) is 16.3 Å². The lowest BCUT2D eigenvalue weighted by molar-refractivity contribution is 1.04. The van der Waals surface area contributed by atoms with Crippen LogP contribution in [0, 0.1) is 27.7 Å². The molecule has 0 aliphatic heterocycles. The van der Waals surface area contributed by atoms with Crippen LogP contribution < -0.4 is 9.80 Å². The van der Waals surface area contributed by atoms with Gasteiger partial charge in [0.1, 0.15) is 0 Å². The molecule has 0 amide bonds. The third-order valence-electron chi connectivity index (χ3n) is 13.9. The van der Waals surface area contributed by atoms with Gasteiger partial charge in [-0.05, 0) is 147 Å². The Hall–Kier alpha value is -8.34. The fraction of sp³-hybridized carbons (Fsp3) is 0.0645. The van der Waals surface area contributed by atoms with Gasteiger partial charge >= 0.3 is 0 Å². The summed E-state index contributed by atoms with van der Waals surface area (Å²) in [7, 11) is 0. The Balaban J connectivity index is 1.08. The zero-order valence-corrected chi connectivity index (χ0v) is 37.6. The molecule has 4 nitrogen and oxygen atoms in total. The van der Waals surface area contributed by atoms with E-state index in [-0.39, 0.29) is 0 Å². The van der Waals surface area contributed by atoms with Gasteiger partial charge in [0.25, 0.3) is 0 Å². The fourth-order valence-corrected chi connectivity index (χ4v) is 10.7. The quantitative estimate of drug-likeness (QED) is 0.142. The van der Waals surface area contributed by atoms with Crippen LogP contribution in [0.15, 0.2) is 218 Å². The van der Waals surface area contributed by atoms with Crippen LogP contribution in [0.1, 0.15) is 22.5 Å². The number of hydrogen-bond acceptors (Lipinski definition) is 2. The Morgan fingerprint density at radius 1 is 0.258 bits per heavy atom. The third kappa shape index (κ3) is 6.06. The summed E-state index contributed by atoms with van der Waals surface area (Å²) in [6, 6.07) is 78.9. The molecule has 2 heterocycles. The first-order chi connectivity index (χ1) is 32.5. The van der Waals surface area contributed by atoms with E-state index < -0.39 is 0 Å². The molecular weight excluding hydrogens is 801 g/mol. The normalized spacial score (nSPS) is 11.6. The van der Waals surface area contributed by atoms with Crippen molar-refractivity contribution in [1.29, 1.82) is 0 Å². The summed E-state index contributed by atoms with van der Waals surface area (Å²) in [5.41, 5.74) is 16.6. The highest BCUT2D eigenvalue weighted by molar-refractivity contribution is 6.40. The number of rotatable bonds is 8. The molecule has 0 spiro atoms. The highest BCUT2D eigenvalue weighted by Crippen LogP contribution is 2.49. The van der Waals surface area contributed by atoms with Gasteiger partial charge in [-0.15, -0.1) is 0 Å². The zero-order chi connectivity index (χ0) is 44.5. The largest absolute Gasteiger partial charge is 0.313 e. The van der Waals surface area contributed by atoms with Crippen molar-refractivity contribution in [3.05, 3.63) is 241 Å². The van der Waals surface area contributed by atoms with Crippen LogP contribution in [0.5, 0.6) is 0 Å². The van der Waals surface area contributed by atoms with Crippen LogP contribution >= 0.6 is 0 Å². The van der Waals surface area contributed by atoms with Gasteiger partial charge in [0, 0.05) is 89.2 Å². The van der Waals surface area contributed by atoms with E-state index in [1.54, 1.807) is 0 Å². The monoisotopic (exact) mass is 848 g/mol. The SMILES string of the molecule is Cc1c(C)n(-c2ccc(N(c3ccccc3)c3ccccc3)cc2)c2c3ccccc3c3c4c(C)c(C)n(-c5ccc(N(c6ccccc6)c6ccccc6)cc5)c4c4ccccc4c3c12. The Kier molecular flexibility index (Phi) is 9.35. The molecule has 66 heavy (non-hydrogen) atoms. The molecule has 4 heteroatoms. The van der Waals surface area contributed by atoms with Crippen LogP contribution in [-0.2, 0) is 0 Å². The van der Waals surface area contributed by atoms with Crippen LogP contribution in [0.25, 0.3) is 65.5 Å². The van der Waals surface area contributed by atoms with Crippen LogP contribution in [0.3, 0.4) is 0 Å². The first-order valence-electron chi connectivity index (χ1n) is 22.9. The van der Waals surface area contributed by atoms with E-state index >= 15 is 0 Å². The van der Waals surface area contributed by atoms with Gasteiger partial charge in [-0.2, -0.15) is 0 Å². The van der Waals surface area contributed by atoms with Crippen molar-refractivity contribution in [2.24, 2.45) is 0 Å². The molecule has 12 rings (SSSR count). The maximum absolute atomic E-state index is 2.50. The second kappa shape index (κ2) is 15.7. The van der Waals surface area contributed by atoms with E-state index in [1.807, 2.05) is 0 Å². The molecule has 0 saturated carbocycles. The minimum Gasteiger partial charge on any atom is -0.313 e. The Bertz CT molecular complexity index is 3430. The van der Waals surface area contributed by atoms with E-state index in [4.69, 9.17) is 0 Å². The number of nitrogens with zero attached hydrogens (tertiary/aromatic N) is 4. The van der Waals surface area contributed by atoms with Gasteiger partial charge in [-0.1, -0.05) is 121 Å². The Morgan fingerprint density at radius 3 is 0.818 bits per heavy atom. The molecule has 0 fully saturated rings. The van der Waals surface area contributed by atoms with E-state index in [0.717, 1.165) is 45.5 Å². The highest BCUT2D eigenvalue weighted by Gasteiger charge is 2.26. The predicted octanol–water partition coefficient (Wildman–Crippen LogP) is 17.2. The molecule has 12 aromatic rings. The molecule has 2 aromatic heterocycles. The van der Waals surface area contributed by atoms with Crippen molar-refractivity contribution in [3.63, 3.8) is 0 Å². The summed E-state index contributed by atoms with van der Waals surface area (Å²) >= 11 is 0. The number of fused-ring (bicyclic) bond motifs is 11. The molecular formula is C62H48N4. The number of benzene rings is 10. The van der Waals surface area contributed by atoms with Crippen molar-refractivity contribution >= 4 is 88.2 Å². The predicted molar refractivity (Wildman–Crippen MR) is 281 cm³/mol. The molecule has 0 aliphatic rings. The molecule has 0 bridgehead atoms. The second-order valence-corrected chi connectivity index (χ2v) is 17.4. The van der Waals surface area contributed by atoms with Crippen molar-refractivity contribution in [2.75, 3.05) is 9.80 Å². The van der Waals surface area contributed by atoms with Crippen LogP contribution in [0.4, 0.5) is 34.1 Å². The van der Waals surface area contributed by atoms with E-state index in [2.05, 4.69) is 265 Å². The lowest BCUT2D eigenvalue weighted by Gasteiger charge is -2.25. The first kappa shape index (κ1) is 39.3. The number of anilines is 6. The lowest BCUT2D eigenvalue weighted by Crippen LogP contribution is -2.09. The molecule has 0 N–H and O–H groups in total. The number of hydrogen-bond donors (Lipinski definition) is 0. The Labute approximate surface area is 385 Å². The smallest absolute Gasteiger partial charge is 0.0619 e. The van der Waals surface area contributed by atoms with Gasteiger partial charge < -0.3 is 18.9 Å². The molecule has 0 unspecified atom stereocenters. The molecule has 316 valence electrons. The van der Waals surface area contributed by atoms with Crippen molar-refractivity contribution in [3.8, 4) is 11.4 Å². The lowest BCUT2D eigenvalue weighted by atomic mass is 9.89. The minimum absolute atomic E-state index is 1.11. The summed E-state index contributed by atoms with van der Waals surface area (Å²) in [5.74, 6) is 0. The van der Waals surface area contributed by atoms with Gasteiger partial charge in [0.05, 0.1) is 11.0 Å². The number of aromatic nitrogens is 2. The van der Waals surface area contributed by atoms with Gasteiger partial charge in [-0.25, -0.2) is 0 Å². The molecule has 0 radical (unpaired) electrons. The average molecular weight is 849 g/mol. The van der Waals surface area contributed by atoms with Crippen LogP contribution in [0.2, 0.25) is 0 Å². The summed E-state index contributed by atoms with van der Waals surface area (Å²) in [4.78, 5) is 4.65. The maximum Gasteiger partial charge on any atom is 0.0619 e.